The molecule has 2 aliphatic rings. The van der Waals surface area contributed by atoms with Gasteiger partial charge in [-0.05, 0) is 36.6 Å². The molecule has 0 radical (unpaired) electrons. The number of likely N-dealkylation sites (N-methyl/N-ethyl adjacent to an activating group) is 1. The average Bonchev–Trinajstić information content (AvgIpc) is 2.59. The van der Waals surface area contributed by atoms with E-state index >= 15 is 0 Å². The molecule has 19 heavy (non-hydrogen) atoms. The molecule has 1 aliphatic heterocycles. The van der Waals surface area contributed by atoms with Crippen LogP contribution in [0.25, 0.3) is 10.9 Å². The third-order valence-electron chi connectivity index (χ3n) is 4.79. The van der Waals surface area contributed by atoms with Crippen LogP contribution in [0.5, 0.6) is 0 Å². The van der Waals surface area contributed by atoms with E-state index in [2.05, 4.69) is 27.0 Å². The minimum atomic E-state index is -0.414. The zero-order chi connectivity index (χ0) is 13.2. The second-order valence-corrected chi connectivity index (χ2v) is 6.59. The molecule has 3 nitrogen and oxygen atoms in total. The molecule has 0 bridgehead atoms. The molecule has 2 aromatic rings. The van der Waals surface area contributed by atoms with E-state index < -0.39 is 6.23 Å². The van der Waals surface area contributed by atoms with Gasteiger partial charge in [0.15, 0.2) is 0 Å². The third kappa shape index (κ3) is 1.33. The fraction of sp³-hybridized carbons (Fsp3) is 0.400. The van der Waals surface area contributed by atoms with Crippen molar-refractivity contribution in [2.75, 3.05) is 11.9 Å². The van der Waals surface area contributed by atoms with Crippen LogP contribution >= 0.6 is 15.9 Å². The lowest BCUT2D eigenvalue weighted by molar-refractivity contribution is 0.0435. The molecule has 1 aromatic carbocycles. The topological polar surface area (TPSA) is 36.4 Å². The lowest BCUT2D eigenvalue weighted by Crippen LogP contribution is -2.47. The minimum absolute atomic E-state index is 0.0773. The molecule has 1 fully saturated rings. The number of rotatable bonds is 0. The van der Waals surface area contributed by atoms with Crippen LogP contribution in [0, 0.1) is 0 Å². The number of hydrogen-bond acceptors (Lipinski definition) is 3. The molecule has 2 heterocycles. The van der Waals surface area contributed by atoms with Crippen molar-refractivity contribution in [1.29, 1.82) is 0 Å². The smallest absolute Gasteiger partial charge is 0.136 e. The summed E-state index contributed by atoms with van der Waals surface area (Å²) in [5.41, 5.74) is 3.31. The van der Waals surface area contributed by atoms with Crippen molar-refractivity contribution in [3.63, 3.8) is 0 Å². The number of aliphatic hydroxyl groups is 1. The molecule has 0 amide bonds. The summed E-state index contributed by atoms with van der Waals surface area (Å²) in [6.07, 6.45) is 4.82. The van der Waals surface area contributed by atoms with E-state index in [-0.39, 0.29) is 5.41 Å². The van der Waals surface area contributed by atoms with E-state index in [4.69, 9.17) is 0 Å². The number of nitrogens with zero attached hydrogens (tertiary/aromatic N) is 2. The van der Waals surface area contributed by atoms with Crippen LogP contribution in [0.3, 0.4) is 0 Å². The largest absolute Gasteiger partial charge is 0.373 e. The summed E-state index contributed by atoms with van der Waals surface area (Å²) in [5, 5.41) is 11.8. The molecule has 1 unspecified atom stereocenters. The van der Waals surface area contributed by atoms with Gasteiger partial charge in [-0.2, -0.15) is 0 Å². The summed E-state index contributed by atoms with van der Waals surface area (Å²) in [4.78, 5) is 6.50. The van der Waals surface area contributed by atoms with Crippen molar-refractivity contribution in [2.24, 2.45) is 0 Å². The zero-order valence-corrected chi connectivity index (χ0v) is 12.3. The maximum absolute atomic E-state index is 10.6. The Balaban J connectivity index is 2.09. The standard InChI is InChI=1S/C15H15BrN2O/c1-18-12-8-17-11-4-3-9(16)7-10(11)13(12)15(14(18)19)5-2-6-15/h3-4,7-8,14,19H,2,5-6H2,1H3. The first kappa shape index (κ1) is 11.7. The summed E-state index contributed by atoms with van der Waals surface area (Å²) >= 11 is 3.54. The number of fused-ring (bicyclic) bond motifs is 4. The lowest BCUT2D eigenvalue weighted by atomic mass is 9.64. The Morgan fingerprint density at radius 2 is 2.21 bits per heavy atom. The number of pyridine rings is 1. The Hall–Kier alpha value is -1.13. The van der Waals surface area contributed by atoms with Gasteiger partial charge in [-0.3, -0.25) is 4.98 Å². The van der Waals surface area contributed by atoms with Gasteiger partial charge in [0.1, 0.15) is 6.23 Å². The molecular formula is C15H15BrN2O. The van der Waals surface area contributed by atoms with Crippen LogP contribution in [0.2, 0.25) is 0 Å². The van der Waals surface area contributed by atoms with Crippen molar-refractivity contribution in [3.05, 3.63) is 34.4 Å². The van der Waals surface area contributed by atoms with Crippen LogP contribution in [0.15, 0.2) is 28.9 Å². The third-order valence-corrected chi connectivity index (χ3v) is 5.29. The normalized spacial score (nSPS) is 23.7. The number of halogens is 1. The van der Waals surface area contributed by atoms with Gasteiger partial charge in [0.2, 0.25) is 0 Å². The molecule has 0 saturated heterocycles. The first-order valence-corrected chi connectivity index (χ1v) is 7.42. The maximum atomic E-state index is 10.6. The number of benzene rings is 1. The second kappa shape index (κ2) is 3.70. The Labute approximate surface area is 120 Å². The van der Waals surface area contributed by atoms with E-state index in [1.807, 2.05) is 30.3 Å². The summed E-state index contributed by atoms with van der Waals surface area (Å²) in [6.45, 7) is 0. The molecule has 4 rings (SSSR count). The van der Waals surface area contributed by atoms with Crippen molar-refractivity contribution in [3.8, 4) is 0 Å². The fourth-order valence-electron chi connectivity index (χ4n) is 3.64. The highest BCUT2D eigenvalue weighted by Gasteiger charge is 2.53. The van der Waals surface area contributed by atoms with Crippen molar-refractivity contribution >= 4 is 32.5 Å². The average molecular weight is 319 g/mol. The quantitative estimate of drug-likeness (QED) is 0.810. The van der Waals surface area contributed by atoms with E-state index in [1.54, 1.807) is 0 Å². The molecule has 1 aromatic heterocycles. The number of aromatic nitrogens is 1. The van der Waals surface area contributed by atoms with Crippen molar-refractivity contribution in [2.45, 2.75) is 30.9 Å². The summed E-state index contributed by atoms with van der Waals surface area (Å²) in [7, 11) is 1.96. The molecular weight excluding hydrogens is 304 g/mol. The highest BCUT2D eigenvalue weighted by molar-refractivity contribution is 9.10. The molecule has 4 heteroatoms. The van der Waals surface area contributed by atoms with Gasteiger partial charge < -0.3 is 10.0 Å². The van der Waals surface area contributed by atoms with Gasteiger partial charge in [0, 0.05) is 22.3 Å². The Kier molecular flexibility index (Phi) is 2.28. The van der Waals surface area contributed by atoms with Gasteiger partial charge >= 0.3 is 0 Å². The van der Waals surface area contributed by atoms with E-state index in [1.165, 1.54) is 17.4 Å². The number of anilines is 1. The summed E-state index contributed by atoms with van der Waals surface area (Å²) < 4.78 is 1.06. The van der Waals surface area contributed by atoms with Crippen LogP contribution in [-0.4, -0.2) is 23.4 Å². The maximum Gasteiger partial charge on any atom is 0.136 e. The first-order valence-electron chi connectivity index (χ1n) is 6.63. The van der Waals surface area contributed by atoms with E-state index in [9.17, 15) is 5.11 Å². The Bertz CT molecular complexity index is 681. The highest BCUT2D eigenvalue weighted by Crippen LogP contribution is 2.56. The fourth-order valence-corrected chi connectivity index (χ4v) is 4.00. The number of hydrogen-bond donors (Lipinski definition) is 1. The van der Waals surface area contributed by atoms with Gasteiger partial charge in [-0.1, -0.05) is 22.4 Å². The zero-order valence-electron chi connectivity index (χ0n) is 10.7. The summed E-state index contributed by atoms with van der Waals surface area (Å²) in [5.74, 6) is 0. The monoisotopic (exact) mass is 318 g/mol. The Morgan fingerprint density at radius 3 is 2.89 bits per heavy atom. The van der Waals surface area contributed by atoms with Crippen molar-refractivity contribution < 1.29 is 5.11 Å². The molecule has 98 valence electrons. The van der Waals surface area contributed by atoms with Crippen LogP contribution < -0.4 is 4.90 Å². The minimum Gasteiger partial charge on any atom is -0.373 e. The summed E-state index contributed by atoms with van der Waals surface area (Å²) in [6, 6.07) is 6.19. The SMILES string of the molecule is CN1c2cnc3ccc(Br)cc3c2C2(CCC2)C1O. The Morgan fingerprint density at radius 1 is 1.42 bits per heavy atom. The van der Waals surface area contributed by atoms with Crippen LogP contribution in [-0.2, 0) is 5.41 Å². The molecule has 1 aliphatic carbocycles. The van der Waals surface area contributed by atoms with Gasteiger partial charge in [0.25, 0.3) is 0 Å². The van der Waals surface area contributed by atoms with E-state index in [0.717, 1.165) is 28.5 Å². The van der Waals surface area contributed by atoms with Gasteiger partial charge in [-0.15, -0.1) is 0 Å². The second-order valence-electron chi connectivity index (χ2n) is 5.67. The van der Waals surface area contributed by atoms with Gasteiger partial charge in [-0.25, -0.2) is 0 Å². The highest BCUT2D eigenvalue weighted by atomic mass is 79.9. The lowest BCUT2D eigenvalue weighted by Gasteiger charge is -2.42. The van der Waals surface area contributed by atoms with Crippen molar-refractivity contribution in [1.82, 2.24) is 4.98 Å². The van der Waals surface area contributed by atoms with Gasteiger partial charge in [0.05, 0.1) is 17.4 Å². The molecule has 1 spiro atoms. The predicted octanol–water partition coefficient (Wildman–Crippen LogP) is 3.19. The molecule has 1 saturated carbocycles. The molecule has 1 N–H and O–H groups in total. The number of aliphatic hydroxyl groups excluding tert-OH is 1. The predicted molar refractivity (Wildman–Crippen MR) is 79.4 cm³/mol. The molecule has 1 atom stereocenters. The first-order chi connectivity index (χ1) is 9.13. The van der Waals surface area contributed by atoms with Crippen LogP contribution in [0.4, 0.5) is 5.69 Å². The van der Waals surface area contributed by atoms with E-state index in [0.29, 0.717) is 0 Å². The van der Waals surface area contributed by atoms with Crippen LogP contribution in [0.1, 0.15) is 24.8 Å².